The second-order valence-electron chi connectivity index (χ2n) is 6.99. The van der Waals surface area contributed by atoms with Crippen molar-refractivity contribution < 1.29 is 18.3 Å². The maximum absolute atomic E-state index is 13.0. The molecule has 0 bridgehead atoms. The third-order valence-corrected chi connectivity index (χ3v) is 5.17. The van der Waals surface area contributed by atoms with E-state index in [-0.39, 0.29) is 11.7 Å². The molecule has 8 heteroatoms. The lowest BCUT2D eigenvalue weighted by Crippen LogP contribution is -2.35. The van der Waals surface area contributed by atoms with E-state index >= 15 is 0 Å². The number of rotatable bonds is 4. The molecule has 1 N–H and O–H groups in total. The Morgan fingerprint density at radius 1 is 1.10 bits per heavy atom. The fraction of sp³-hybridized carbons (Fsp3) is 0.333. The van der Waals surface area contributed by atoms with Gasteiger partial charge in [0.15, 0.2) is 5.82 Å². The van der Waals surface area contributed by atoms with E-state index in [1.165, 1.54) is 0 Å². The first-order valence-electron chi connectivity index (χ1n) is 9.51. The fourth-order valence-electron chi connectivity index (χ4n) is 3.62. The second-order valence-corrected chi connectivity index (χ2v) is 6.99. The number of ether oxygens (including phenoxy) is 1. The highest BCUT2D eigenvalue weighted by Crippen LogP contribution is 2.23. The average molecular weight is 400 g/mol. The minimum atomic E-state index is -2.67. The van der Waals surface area contributed by atoms with E-state index in [0.717, 1.165) is 30.9 Å². The second kappa shape index (κ2) is 8.06. The van der Waals surface area contributed by atoms with Gasteiger partial charge in [-0.2, -0.15) is 0 Å². The monoisotopic (exact) mass is 400 g/mol. The summed E-state index contributed by atoms with van der Waals surface area (Å²) in [4.78, 5) is 23.5. The number of carbonyl (C=O) groups is 1. The molecule has 152 valence electrons. The number of imidazole rings is 1. The van der Waals surface area contributed by atoms with Crippen LogP contribution in [0.15, 0.2) is 42.5 Å². The van der Waals surface area contributed by atoms with Crippen molar-refractivity contribution in [2.45, 2.75) is 12.8 Å². The Morgan fingerprint density at radius 3 is 2.62 bits per heavy atom. The molecule has 2 aromatic carbocycles. The van der Waals surface area contributed by atoms with Crippen molar-refractivity contribution in [2.75, 3.05) is 38.2 Å². The number of fused-ring (bicyclic) bond motifs is 1. The summed E-state index contributed by atoms with van der Waals surface area (Å²) in [6, 6.07) is 12.7. The number of hydrogen-bond acceptors (Lipinski definition) is 4. The van der Waals surface area contributed by atoms with Crippen LogP contribution in [0.25, 0.3) is 11.0 Å². The molecule has 1 aliphatic rings. The van der Waals surface area contributed by atoms with Crippen molar-refractivity contribution >= 4 is 22.6 Å². The summed E-state index contributed by atoms with van der Waals surface area (Å²) in [6.07, 6.45) is -1.82. The van der Waals surface area contributed by atoms with E-state index < -0.39 is 6.43 Å². The first-order chi connectivity index (χ1) is 14.0. The third-order valence-electron chi connectivity index (χ3n) is 5.17. The molecule has 6 nitrogen and oxygen atoms in total. The van der Waals surface area contributed by atoms with Gasteiger partial charge in [0, 0.05) is 37.4 Å². The maximum Gasteiger partial charge on any atom is 0.295 e. The number of amides is 1. The predicted molar refractivity (Wildman–Crippen MR) is 107 cm³/mol. The number of methoxy groups -OCH3 is 1. The van der Waals surface area contributed by atoms with Crippen LogP contribution < -0.4 is 9.64 Å². The number of H-pyrrole nitrogens is 1. The molecule has 0 radical (unpaired) electrons. The van der Waals surface area contributed by atoms with Gasteiger partial charge in [0.2, 0.25) is 0 Å². The van der Waals surface area contributed by atoms with Gasteiger partial charge in [-0.3, -0.25) is 4.79 Å². The molecule has 4 rings (SSSR count). The van der Waals surface area contributed by atoms with Crippen LogP contribution >= 0.6 is 0 Å². The number of alkyl halides is 2. The van der Waals surface area contributed by atoms with Crippen LogP contribution in [0.4, 0.5) is 14.5 Å². The third kappa shape index (κ3) is 4.01. The molecule has 1 fully saturated rings. The van der Waals surface area contributed by atoms with Gasteiger partial charge >= 0.3 is 0 Å². The number of anilines is 1. The molecule has 1 aromatic heterocycles. The molecule has 1 amide bonds. The fourth-order valence-corrected chi connectivity index (χ4v) is 3.62. The molecular weight excluding hydrogens is 378 g/mol. The zero-order valence-electron chi connectivity index (χ0n) is 16.1. The molecule has 0 unspecified atom stereocenters. The molecule has 1 aliphatic heterocycles. The summed E-state index contributed by atoms with van der Waals surface area (Å²) >= 11 is 0. The van der Waals surface area contributed by atoms with E-state index in [2.05, 4.69) is 14.9 Å². The van der Waals surface area contributed by atoms with E-state index in [0.29, 0.717) is 29.7 Å². The van der Waals surface area contributed by atoms with Crippen LogP contribution in [-0.4, -0.2) is 54.1 Å². The maximum atomic E-state index is 13.0. The van der Waals surface area contributed by atoms with E-state index in [4.69, 9.17) is 4.74 Å². The van der Waals surface area contributed by atoms with Crippen LogP contribution in [-0.2, 0) is 0 Å². The number of aromatic amines is 1. The van der Waals surface area contributed by atoms with Crippen molar-refractivity contribution in [2.24, 2.45) is 0 Å². The Morgan fingerprint density at radius 2 is 1.90 bits per heavy atom. The van der Waals surface area contributed by atoms with Gasteiger partial charge in [-0.05, 0) is 48.9 Å². The number of hydrogen-bond donors (Lipinski definition) is 1. The largest absolute Gasteiger partial charge is 0.497 e. The van der Waals surface area contributed by atoms with Crippen LogP contribution in [0.3, 0.4) is 0 Å². The minimum Gasteiger partial charge on any atom is -0.497 e. The SMILES string of the molecule is COc1ccc(N2CCCN(C(=O)c3ccc4nc(C(F)F)[nH]c4c3)CC2)cc1. The topological polar surface area (TPSA) is 61.5 Å². The Labute approximate surface area is 167 Å². The summed E-state index contributed by atoms with van der Waals surface area (Å²) in [5, 5.41) is 0. The molecule has 0 aliphatic carbocycles. The highest BCUT2D eigenvalue weighted by Gasteiger charge is 2.21. The molecule has 1 saturated heterocycles. The van der Waals surface area contributed by atoms with Gasteiger partial charge in [-0.15, -0.1) is 0 Å². The molecule has 29 heavy (non-hydrogen) atoms. The first kappa shape index (κ1) is 19.2. The zero-order chi connectivity index (χ0) is 20.4. The lowest BCUT2D eigenvalue weighted by atomic mass is 10.1. The normalized spacial score (nSPS) is 15.0. The molecule has 2 heterocycles. The highest BCUT2D eigenvalue weighted by molar-refractivity contribution is 5.97. The van der Waals surface area contributed by atoms with Crippen LogP contribution in [0.5, 0.6) is 5.75 Å². The average Bonchev–Trinajstić information content (AvgIpc) is 3.02. The molecule has 0 spiro atoms. The first-order valence-corrected chi connectivity index (χ1v) is 9.51. The summed E-state index contributed by atoms with van der Waals surface area (Å²) in [7, 11) is 1.64. The number of aromatic nitrogens is 2. The lowest BCUT2D eigenvalue weighted by molar-refractivity contribution is 0.0767. The molecule has 3 aromatic rings. The van der Waals surface area contributed by atoms with Crippen LogP contribution in [0.2, 0.25) is 0 Å². The Kier molecular flexibility index (Phi) is 5.33. The number of nitrogens with one attached hydrogen (secondary N) is 1. The number of carbonyl (C=O) groups excluding carboxylic acids is 1. The number of benzene rings is 2. The van der Waals surface area contributed by atoms with Crippen LogP contribution in [0, 0.1) is 0 Å². The van der Waals surface area contributed by atoms with Crippen molar-refractivity contribution in [1.82, 2.24) is 14.9 Å². The van der Waals surface area contributed by atoms with Gasteiger partial charge in [0.1, 0.15) is 5.75 Å². The van der Waals surface area contributed by atoms with Gasteiger partial charge in [0.05, 0.1) is 18.1 Å². The van der Waals surface area contributed by atoms with Gasteiger partial charge in [0.25, 0.3) is 12.3 Å². The molecule has 0 atom stereocenters. The Bertz CT molecular complexity index is 1000. The summed E-state index contributed by atoms with van der Waals surface area (Å²) in [6.45, 7) is 2.82. The Balaban J connectivity index is 1.47. The number of nitrogens with zero attached hydrogens (tertiary/aromatic N) is 3. The number of halogens is 2. The summed E-state index contributed by atoms with van der Waals surface area (Å²) < 4.78 is 30.9. The highest BCUT2D eigenvalue weighted by atomic mass is 19.3. The predicted octanol–water partition coefficient (Wildman–Crippen LogP) is 3.86. The van der Waals surface area contributed by atoms with Crippen molar-refractivity contribution in [3.63, 3.8) is 0 Å². The van der Waals surface area contributed by atoms with E-state index in [9.17, 15) is 13.6 Å². The summed E-state index contributed by atoms with van der Waals surface area (Å²) in [5.41, 5.74) is 2.44. The van der Waals surface area contributed by atoms with Crippen molar-refractivity contribution in [3.8, 4) is 5.75 Å². The van der Waals surface area contributed by atoms with E-state index in [1.54, 1.807) is 25.3 Å². The quantitative estimate of drug-likeness (QED) is 0.722. The van der Waals surface area contributed by atoms with E-state index in [1.807, 2.05) is 29.2 Å². The zero-order valence-corrected chi connectivity index (χ0v) is 16.1. The van der Waals surface area contributed by atoms with Crippen LogP contribution in [0.1, 0.15) is 29.0 Å². The van der Waals surface area contributed by atoms with Gasteiger partial charge in [-0.1, -0.05) is 0 Å². The summed E-state index contributed by atoms with van der Waals surface area (Å²) in [5.74, 6) is 0.329. The lowest BCUT2D eigenvalue weighted by Gasteiger charge is -2.24. The van der Waals surface area contributed by atoms with Gasteiger partial charge in [-0.25, -0.2) is 13.8 Å². The Hall–Kier alpha value is -3.16. The molecular formula is C21H22F2N4O2. The minimum absolute atomic E-state index is 0.100. The molecule has 0 saturated carbocycles. The van der Waals surface area contributed by atoms with Crippen molar-refractivity contribution in [3.05, 3.63) is 53.9 Å². The van der Waals surface area contributed by atoms with Crippen molar-refractivity contribution in [1.29, 1.82) is 0 Å². The standard InChI is InChI=1S/C21H22F2N4O2/c1-29-16-6-4-15(5-7-16)26-9-2-10-27(12-11-26)21(28)14-3-8-17-18(13-14)25-20(24-17)19(22)23/h3-8,13,19H,2,9-12H2,1H3,(H,24,25). The smallest absolute Gasteiger partial charge is 0.295 e. The van der Waals surface area contributed by atoms with Gasteiger partial charge < -0.3 is 19.5 Å².